The van der Waals surface area contributed by atoms with E-state index in [9.17, 15) is 13.2 Å². The molecule has 0 unspecified atom stereocenters. The van der Waals surface area contributed by atoms with Gasteiger partial charge in [-0.25, -0.2) is 14.4 Å². The van der Waals surface area contributed by atoms with Crippen LogP contribution in [0.3, 0.4) is 0 Å². The number of alkyl halides is 2. The summed E-state index contributed by atoms with van der Waals surface area (Å²) in [5.74, 6) is 0.894. The predicted molar refractivity (Wildman–Crippen MR) is 119 cm³/mol. The molecule has 5 rings (SSSR count). The number of ether oxygens (including phenoxy) is 1. The zero-order valence-electron chi connectivity index (χ0n) is 18.3. The number of rotatable bonds is 7. The van der Waals surface area contributed by atoms with Gasteiger partial charge in [-0.1, -0.05) is 6.07 Å². The molecule has 0 amide bonds. The summed E-state index contributed by atoms with van der Waals surface area (Å²) in [7, 11) is 0. The van der Waals surface area contributed by atoms with Crippen molar-refractivity contribution in [3.05, 3.63) is 47.5 Å². The van der Waals surface area contributed by atoms with Crippen LogP contribution < -0.4 is 15.0 Å². The van der Waals surface area contributed by atoms with Crippen molar-refractivity contribution < 1.29 is 17.9 Å². The molecule has 1 saturated carbocycles. The van der Waals surface area contributed by atoms with Crippen LogP contribution in [-0.2, 0) is 6.54 Å². The van der Waals surface area contributed by atoms with Crippen molar-refractivity contribution in [1.82, 2.24) is 19.9 Å². The summed E-state index contributed by atoms with van der Waals surface area (Å²) in [5.41, 5.74) is 2.93. The number of fused-ring (bicyclic) bond motifs is 1. The lowest BCUT2D eigenvalue weighted by Gasteiger charge is -2.36. The van der Waals surface area contributed by atoms with E-state index in [2.05, 4.69) is 24.8 Å². The van der Waals surface area contributed by atoms with E-state index >= 15 is 0 Å². The Hall–Kier alpha value is -3.14. The molecule has 0 atom stereocenters. The molecule has 2 aromatic heterocycles. The van der Waals surface area contributed by atoms with E-state index in [1.807, 2.05) is 13.0 Å². The van der Waals surface area contributed by atoms with Crippen molar-refractivity contribution in [2.45, 2.75) is 39.0 Å². The molecule has 7 nitrogen and oxygen atoms in total. The summed E-state index contributed by atoms with van der Waals surface area (Å²) in [5, 5.41) is 3.51. The van der Waals surface area contributed by atoms with Crippen LogP contribution >= 0.6 is 0 Å². The van der Waals surface area contributed by atoms with Gasteiger partial charge in [-0.05, 0) is 31.9 Å². The van der Waals surface area contributed by atoms with E-state index in [4.69, 9.17) is 9.97 Å². The van der Waals surface area contributed by atoms with Gasteiger partial charge < -0.3 is 15.0 Å². The molecule has 0 radical (unpaired) electrons. The predicted octanol–water partition coefficient (Wildman–Crippen LogP) is 3.97. The first-order valence-electron chi connectivity index (χ1n) is 11.1. The molecule has 1 aliphatic heterocycles. The van der Waals surface area contributed by atoms with Crippen LogP contribution in [0.1, 0.15) is 24.1 Å². The zero-order valence-corrected chi connectivity index (χ0v) is 18.3. The van der Waals surface area contributed by atoms with E-state index in [0.717, 1.165) is 47.3 Å². The smallest absolute Gasteiger partial charge is 0.387 e. The Labute approximate surface area is 189 Å². The highest BCUT2D eigenvalue weighted by Crippen LogP contribution is 2.31. The van der Waals surface area contributed by atoms with Gasteiger partial charge in [-0.2, -0.15) is 8.78 Å². The fourth-order valence-electron chi connectivity index (χ4n) is 3.98. The quantitative estimate of drug-likeness (QED) is 0.575. The number of hydrogen-bond donors (Lipinski definition) is 1. The average molecular weight is 458 g/mol. The second-order valence-electron chi connectivity index (χ2n) is 8.52. The number of anilines is 2. The molecule has 3 aromatic rings. The highest BCUT2D eigenvalue weighted by molar-refractivity contribution is 5.80. The Morgan fingerprint density at radius 1 is 1.09 bits per heavy atom. The Balaban J connectivity index is 1.28. The minimum absolute atomic E-state index is 0.175. The molecule has 1 aromatic carbocycles. The third-order valence-electron chi connectivity index (χ3n) is 5.90. The van der Waals surface area contributed by atoms with Crippen molar-refractivity contribution in [2.24, 2.45) is 0 Å². The van der Waals surface area contributed by atoms with Gasteiger partial charge in [0.25, 0.3) is 0 Å². The van der Waals surface area contributed by atoms with E-state index in [1.54, 1.807) is 6.20 Å². The SMILES string of the molecule is Cc1cc2nc(NC3CC3)c(N3CCN(Cc4ccc(OC(F)F)cc4F)CC3)nc2cn1. The first kappa shape index (κ1) is 21.7. The lowest BCUT2D eigenvalue weighted by atomic mass is 10.1. The highest BCUT2D eigenvalue weighted by Gasteiger charge is 2.27. The summed E-state index contributed by atoms with van der Waals surface area (Å²) < 4.78 is 43.3. The van der Waals surface area contributed by atoms with E-state index in [1.165, 1.54) is 12.1 Å². The number of nitrogens with one attached hydrogen (secondary N) is 1. The van der Waals surface area contributed by atoms with Crippen LogP contribution in [0.4, 0.5) is 24.8 Å². The lowest BCUT2D eigenvalue weighted by Crippen LogP contribution is -2.46. The Kier molecular flexibility index (Phi) is 5.92. The van der Waals surface area contributed by atoms with E-state index in [-0.39, 0.29) is 5.75 Å². The molecule has 1 aliphatic carbocycles. The molecule has 174 valence electrons. The molecule has 1 saturated heterocycles. The summed E-state index contributed by atoms with van der Waals surface area (Å²) in [4.78, 5) is 18.4. The first-order valence-corrected chi connectivity index (χ1v) is 11.1. The van der Waals surface area contributed by atoms with Crippen molar-refractivity contribution in [3.63, 3.8) is 0 Å². The van der Waals surface area contributed by atoms with Gasteiger partial charge >= 0.3 is 6.61 Å². The van der Waals surface area contributed by atoms with Crippen LogP contribution in [0.25, 0.3) is 11.0 Å². The molecular weight excluding hydrogens is 433 g/mol. The summed E-state index contributed by atoms with van der Waals surface area (Å²) in [6, 6.07) is 6.26. The van der Waals surface area contributed by atoms with Crippen LogP contribution in [-0.4, -0.2) is 58.7 Å². The maximum atomic E-state index is 14.4. The third-order valence-corrected chi connectivity index (χ3v) is 5.90. The van der Waals surface area contributed by atoms with Gasteiger partial charge in [0.1, 0.15) is 17.1 Å². The van der Waals surface area contributed by atoms with Gasteiger partial charge in [0.05, 0.1) is 11.7 Å². The first-order chi connectivity index (χ1) is 15.9. The second-order valence-corrected chi connectivity index (χ2v) is 8.52. The average Bonchev–Trinajstić information content (AvgIpc) is 3.59. The van der Waals surface area contributed by atoms with Gasteiger partial charge in [0.2, 0.25) is 0 Å². The highest BCUT2D eigenvalue weighted by atomic mass is 19.3. The summed E-state index contributed by atoms with van der Waals surface area (Å²) >= 11 is 0. The largest absolute Gasteiger partial charge is 0.435 e. The van der Waals surface area contributed by atoms with E-state index in [0.29, 0.717) is 44.3 Å². The van der Waals surface area contributed by atoms with Crippen molar-refractivity contribution >= 4 is 22.7 Å². The molecule has 1 N–H and O–H groups in total. The van der Waals surface area contributed by atoms with Crippen LogP contribution in [0.5, 0.6) is 5.75 Å². The van der Waals surface area contributed by atoms with E-state index < -0.39 is 12.4 Å². The minimum atomic E-state index is -2.97. The molecule has 2 aliphatic rings. The number of aryl methyl sites for hydroxylation is 1. The molecule has 0 spiro atoms. The lowest BCUT2D eigenvalue weighted by molar-refractivity contribution is -0.0500. The van der Waals surface area contributed by atoms with Gasteiger partial charge in [0.15, 0.2) is 11.6 Å². The number of piperazine rings is 1. The Bertz CT molecular complexity index is 1150. The topological polar surface area (TPSA) is 66.4 Å². The summed E-state index contributed by atoms with van der Waals surface area (Å²) in [6.45, 7) is 2.21. The Morgan fingerprint density at radius 3 is 2.58 bits per heavy atom. The fraction of sp³-hybridized carbons (Fsp3) is 0.435. The fourth-order valence-corrected chi connectivity index (χ4v) is 3.98. The van der Waals surface area contributed by atoms with Gasteiger partial charge in [0, 0.05) is 56.1 Å². The number of halogens is 3. The molecule has 33 heavy (non-hydrogen) atoms. The maximum absolute atomic E-state index is 14.4. The normalized spacial score (nSPS) is 17.1. The molecule has 3 heterocycles. The van der Waals surface area contributed by atoms with Crippen molar-refractivity contribution in [3.8, 4) is 5.75 Å². The van der Waals surface area contributed by atoms with Crippen molar-refractivity contribution in [1.29, 1.82) is 0 Å². The van der Waals surface area contributed by atoms with Crippen LogP contribution in [0.15, 0.2) is 30.5 Å². The standard InChI is InChI=1S/C23H25F3N6O/c1-14-10-19-20(12-27-14)30-22(21(29-19)28-16-3-4-16)32-8-6-31(7-9-32)13-15-2-5-17(11-18(15)24)33-23(25)26/h2,5,10-12,16,23H,3-4,6-9,13H2,1H3,(H,28,29). The number of nitrogens with zero attached hydrogens (tertiary/aromatic N) is 5. The monoisotopic (exact) mass is 458 g/mol. The number of aromatic nitrogens is 3. The Morgan fingerprint density at radius 2 is 1.88 bits per heavy atom. The number of hydrogen-bond acceptors (Lipinski definition) is 7. The molecular formula is C23H25F3N6O. The number of pyridine rings is 1. The molecule has 10 heteroatoms. The second kappa shape index (κ2) is 9.01. The van der Waals surface area contributed by atoms with Crippen LogP contribution in [0, 0.1) is 12.7 Å². The maximum Gasteiger partial charge on any atom is 0.387 e. The zero-order chi connectivity index (χ0) is 22.9. The summed E-state index contributed by atoms with van der Waals surface area (Å²) in [6.07, 6.45) is 4.02. The van der Waals surface area contributed by atoms with Gasteiger partial charge in [-0.3, -0.25) is 9.88 Å². The molecule has 0 bridgehead atoms. The third kappa shape index (κ3) is 5.11. The minimum Gasteiger partial charge on any atom is -0.435 e. The van der Waals surface area contributed by atoms with Crippen LogP contribution in [0.2, 0.25) is 0 Å². The number of benzene rings is 1. The molecule has 2 fully saturated rings. The van der Waals surface area contributed by atoms with Crippen molar-refractivity contribution in [2.75, 3.05) is 36.4 Å². The van der Waals surface area contributed by atoms with Gasteiger partial charge in [-0.15, -0.1) is 0 Å².